The number of nitrogens with zero attached hydrogens (tertiary/aromatic N) is 4. The third-order valence-electron chi connectivity index (χ3n) is 3.92. The number of rotatable bonds is 3. The van der Waals surface area contributed by atoms with Crippen molar-refractivity contribution < 1.29 is 4.79 Å². The first-order valence-corrected chi connectivity index (χ1v) is 8.55. The Hall–Kier alpha value is -2.86. The molecule has 0 N–H and O–H groups in total. The molecule has 0 saturated carbocycles. The number of carbonyl (C=O) groups is 1. The highest BCUT2D eigenvalue weighted by molar-refractivity contribution is 9.10. The Balaban J connectivity index is 1.60. The van der Waals surface area contributed by atoms with Gasteiger partial charge in [-0.2, -0.15) is 5.10 Å². The molecule has 0 saturated heterocycles. The fourth-order valence-corrected chi connectivity index (χ4v) is 2.88. The van der Waals surface area contributed by atoms with Crippen LogP contribution in [-0.4, -0.2) is 21.8 Å². The van der Waals surface area contributed by atoms with Crippen molar-refractivity contribution in [3.8, 4) is 11.3 Å². The lowest BCUT2D eigenvalue weighted by Crippen LogP contribution is -2.19. The van der Waals surface area contributed by atoms with Crippen molar-refractivity contribution in [2.75, 3.05) is 5.01 Å². The van der Waals surface area contributed by atoms with Crippen LogP contribution in [0.4, 0.5) is 5.69 Å². The first-order chi connectivity index (χ1) is 12.2. The lowest BCUT2D eigenvalue weighted by atomic mass is 10.0. The molecule has 0 bridgehead atoms. The summed E-state index contributed by atoms with van der Waals surface area (Å²) in [5, 5.41) is 14.1. The highest BCUT2D eigenvalue weighted by Gasteiger charge is 2.25. The smallest absolute Gasteiger partial charge is 0.253 e. The molecule has 0 fully saturated rings. The van der Waals surface area contributed by atoms with Crippen molar-refractivity contribution in [1.29, 1.82) is 0 Å². The van der Waals surface area contributed by atoms with Gasteiger partial charge < -0.3 is 0 Å². The van der Waals surface area contributed by atoms with Crippen molar-refractivity contribution in [2.45, 2.75) is 6.42 Å². The molecule has 2 heterocycles. The van der Waals surface area contributed by atoms with Crippen molar-refractivity contribution in [3.63, 3.8) is 0 Å². The average Bonchev–Trinajstić information content (AvgIpc) is 3.05. The van der Waals surface area contributed by atoms with Crippen LogP contribution < -0.4 is 5.01 Å². The first kappa shape index (κ1) is 15.7. The van der Waals surface area contributed by atoms with Crippen LogP contribution >= 0.6 is 15.9 Å². The summed E-state index contributed by atoms with van der Waals surface area (Å²) < 4.78 is 0.702. The van der Waals surface area contributed by atoms with E-state index in [4.69, 9.17) is 0 Å². The van der Waals surface area contributed by atoms with Crippen LogP contribution in [0, 0.1) is 0 Å². The Bertz CT molecular complexity index is 937. The fraction of sp³-hybridized carbons (Fsp3) is 0.0526. The zero-order valence-electron chi connectivity index (χ0n) is 13.1. The molecule has 4 rings (SSSR count). The van der Waals surface area contributed by atoms with E-state index in [1.807, 2.05) is 66.7 Å². The zero-order valence-corrected chi connectivity index (χ0v) is 14.7. The number of amides is 1. The van der Waals surface area contributed by atoms with E-state index in [9.17, 15) is 4.79 Å². The topological polar surface area (TPSA) is 58.5 Å². The summed E-state index contributed by atoms with van der Waals surface area (Å²) in [7, 11) is 0. The second-order valence-electron chi connectivity index (χ2n) is 5.58. The molecule has 5 nitrogen and oxygen atoms in total. The molecule has 25 heavy (non-hydrogen) atoms. The minimum atomic E-state index is -0.0240. The Morgan fingerprint density at radius 1 is 0.840 bits per heavy atom. The van der Waals surface area contributed by atoms with Crippen molar-refractivity contribution in [1.82, 2.24) is 10.2 Å². The maximum atomic E-state index is 12.3. The maximum Gasteiger partial charge on any atom is 0.253 e. The number of hydrazone groups is 1. The number of hydrogen-bond donors (Lipinski definition) is 0. The molecule has 6 heteroatoms. The van der Waals surface area contributed by atoms with E-state index in [-0.39, 0.29) is 5.91 Å². The maximum absolute atomic E-state index is 12.3. The SMILES string of the molecule is O=C1CC(c2ccc(-c3ccc(Br)nn3)cc2)=NN1c1ccccc1. The molecule has 2 aromatic carbocycles. The molecule has 0 spiro atoms. The number of benzene rings is 2. The van der Waals surface area contributed by atoms with Gasteiger partial charge in [0.1, 0.15) is 4.60 Å². The van der Waals surface area contributed by atoms with Crippen LogP contribution in [0.1, 0.15) is 12.0 Å². The largest absolute Gasteiger partial charge is 0.272 e. The second-order valence-corrected chi connectivity index (χ2v) is 6.40. The lowest BCUT2D eigenvalue weighted by molar-refractivity contribution is -0.116. The van der Waals surface area contributed by atoms with Gasteiger partial charge in [-0.3, -0.25) is 4.79 Å². The third-order valence-corrected chi connectivity index (χ3v) is 4.35. The molecule has 1 aliphatic rings. The number of halogens is 1. The summed E-state index contributed by atoms with van der Waals surface area (Å²) in [4.78, 5) is 12.3. The van der Waals surface area contributed by atoms with Gasteiger partial charge in [0.05, 0.1) is 23.5 Å². The van der Waals surface area contributed by atoms with E-state index < -0.39 is 0 Å². The molecule has 0 aliphatic carbocycles. The van der Waals surface area contributed by atoms with E-state index in [1.54, 1.807) is 0 Å². The molecular formula is C19H13BrN4O. The van der Waals surface area contributed by atoms with Gasteiger partial charge >= 0.3 is 0 Å². The number of carbonyl (C=O) groups excluding carboxylic acids is 1. The molecule has 3 aromatic rings. The number of anilines is 1. The molecule has 0 radical (unpaired) electrons. The Morgan fingerprint density at radius 2 is 1.56 bits per heavy atom. The molecule has 0 atom stereocenters. The average molecular weight is 393 g/mol. The highest BCUT2D eigenvalue weighted by atomic mass is 79.9. The standard InChI is InChI=1S/C19H13BrN4O/c20-18-11-10-16(21-22-18)13-6-8-14(9-7-13)17-12-19(25)24(23-17)15-4-2-1-3-5-15/h1-11H,12H2. The van der Waals surface area contributed by atoms with Crippen molar-refractivity contribution >= 4 is 33.2 Å². The summed E-state index contributed by atoms with van der Waals surface area (Å²) in [5.41, 5.74) is 4.24. The summed E-state index contributed by atoms with van der Waals surface area (Å²) in [5.74, 6) is -0.0240. The summed E-state index contributed by atoms with van der Waals surface area (Å²) in [6, 6.07) is 21.1. The highest BCUT2D eigenvalue weighted by Crippen LogP contribution is 2.24. The molecule has 1 aromatic heterocycles. The first-order valence-electron chi connectivity index (χ1n) is 7.76. The minimum Gasteiger partial charge on any atom is -0.272 e. The number of aromatic nitrogens is 2. The van der Waals surface area contributed by atoms with Crippen LogP contribution in [0.5, 0.6) is 0 Å². The summed E-state index contributed by atoms with van der Waals surface area (Å²) in [6.07, 6.45) is 0.298. The molecule has 1 amide bonds. The normalized spacial score (nSPS) is 13.9. The molecular weight excluding hydrogens is 380 g/mol. The summed E-state index contributed by atoms with van der Waals surface area (Å²) >= 11 is 3.28. The van der Waals surface area contributed by atoms with Gasteiger partial charge in [0, 0.05) is 5.56 Å². The predicted molar refractivity (Wildman–Crippen MR) is 100 cm³/mol. The fourth-order valence-electron chi connectivity index (χ4n) is 2.66. The molecule has 122 valence electrons. The van der Waals surface area contributed by atoms with Crippen LogP contribution in [0.2, 0.25) is 0 Å². The van der Waals surface area contributed by atoms with Crippen molar-refractivity contribution in [3.05, 3.63) is 76.9 Å². The summed E-state index contributed by atoms with van der Waals surface area (Å²) in [6.45, 7) is 0. The van der Waals surface area contributed by atoms with Gasteiger partial charge in [-0.25, -0.2) is 5.01 Å². The van der Waals surface area contributed by atoms with Gasteiger partial charge in [-0.05, 0) is 45.8 Å². The quantitative estimate of drug-likeness (QED) is 0.675. The van der Waals surface area contributed by atoms with Gasteiger partial charge in [-0.1, -0.05) is 42.5 Å². The van der Waals surface area contributed by atoms with E-state index in [0.29, 0.717) is 11.0 Å². The van der Waals surface area contributed by atoms with Crippen LogP contribution in [0.25, 0.3) is 11.3 Å². The van der Waals surface area contributed by atoms with E-state index >= 15 is 0 Å². The third kappa shape index (κ3) is 3.21. The van der Waals surface area contributed by atoms with Crippen LogP contribution in [0.3, 0.4) is 0 Å². The predicted octanol–water partition coefficient (Wildman–Crippen LogP) is 4.05. The Labute approximate surface area is 153 Å². The van der Waals surface area contributed by atoms with E-state index in [1.165, 1.54) is 5.01 Å². The van der Waals surface area contributed by atoms with E-state index in [0.717, 1.165) is 28.2 Å². The number of para-hydroxylation sites is 1. The zero-order chi connectivity index (χ0) is 17.2. The van der Waals surface area contributed by atoms with Gasteiger partial charge in [0.15, 0.2) is 0 Å². The van der Waals surface area contributed by atoms with E-state index in [2.05, 4.69) is 31.2 Å². The minimum absolute atomic E-state index is 0.0240. The second kappa shape index (κ2) is 6.57. The van der Waals surface area contributed by atoms with Gasteiger partial charge in [-0.15, -0.1) is 10.2 Å². The van der Waals surface area contributed by atoms with Crippen LogP contribution in [-0.2, 0) is 4.79 Å². The molecule has 1 aliphatic heterocycles. The Kier molecular flexibility index (Phi) is 4.11. The van der Waals surface area contributed by atoms with Crippen molar-refractivity contribution in [2.24, 2.45) is 5.10 Å². The monoisotopic (exact) mass is 392 g/mol. The van der Waals surface area contributed by atoms with Gasteiger partial charge in [0.25, 0.3) is 5.91 Å². The lowest BCUT2D eigenvalue weighted by Gasteiger charge is -2.10. The van der Waals surface area contributed by atoms with Crippen LogP contribution in [0.15, 0.2) is 76.4 Å². The Morgan fingerprint density at radius 3 is 2.24 bits per heavy atom. The number of hydrogen-bond acceptors (Lipinski definition) is 4. The van der Waals surface area contributed by atoms with Gasteiger partial charge in [0.2, 0.25) is 0 Å². The molecule has 0 unspecified atom stereocenters.